The number of benzene rings is 3. The topological polar surface area (TPSA) is 29.8 Å². The van der Waals surface area contributed by atoms with Gasteiger partial charge < -0.3 is 14.2 Å². The van der Waals surface area contributed by atoms with E-state index in [1.807, 2.05) is 18.3 Å². The fourth-order valence-corrected chi connectivity index (χ4v) is 4.82. The second-order valence-electron chi connectivity index (χ2n) is 8.21. The third-order valence-electron chi connectivity index (χ3n) is 6.19. The Labute approximate surface area is 204 Å². The van der Waals surface area contributed by atoms with Gasteiger partial charge in [0.05, 0.1) is 18.9 Å². The summed E-state index contributed by atoms with van der Waals surface area (Å²) in [6.45, 7) is 6.23. The molecular formula is C27H25Cl2N3O. The van der Waals surface area contributed by atoms with E-state index in [2.05, 4.69) is 64.9 Å². The van der Waals surface area contributed by atoms with Crippen LogP contribution in [0.5, 0.6) is 0 Å². The molecule has 0 spiro atoms. The number of aliphatic imine (C=N–C) groups is 1. The van der Waals surface area contributed by atoms with Gasteiger partial charge in [0.1, 0.15) is 0 Å². The Morgan fingerprint density at radius 2 is 1.73 bits per heavy atom. The van der Waals surface area contributed by atoms with Crippen LogP contribution in [0, 0.1) is 6.92 Å². The summed E-state index contributed by atoms with van der Waals surface area (Å²) in [7, 11) is 0. The van der Waals surface area contributed by atoms with Crippen LogP contribution in [0.15, 0.2) is 71.7 Å². The van der Waals surface area contributed by atoms with E-state index in [1.165, 1.54) is 11.1 Å². The molecule has 2 heterocycles. The molecule has 1 aliphatic heterocycles. The molecule has 0 atom stereocenters. The molecule has 1 aromatic heterocycles. The van der Waals surface area contributed by atoms with Gasteiger partial charge in [-0.1, -0.05) is 47.5 Å². The van der Waals surface area contributed by atoms with Crippen LogP contribution in [-0.2, 0) is 11.3 Å². The Morgan fingerprint density at radius 1 is 0.970 bits per heavy atom. The van der Waals surface area contributed by atoms with Gasteiger partial charge in [-0.05, 0) is 55.0 Å². The van der Waals surface area contributed by atoms with Gasteiger partial charge in [0.25, 0.3) is 0 Å². The first-order valence-corrected chi connectivity index (χ1v) is 11.8. The maximum absolute atomic E-state index is 6.47. The Hall–Kier alpha value is -2.79. The van der Waals surface area contributed by atoms with E-state index in [4.69, 9.17) is 32.9 Å². The summed E-state index contributed by atoms with van der Waals surface area (Å²) in [5.41, 5.74) is 6.61. The highest BCUT2D eigenvalue weighted by molar-refractivity contribution is 6.35. The molecule has 5 rings (SSSR count). The highest BCUT2D eigenvalue weighted by atomic mass is 35.5. The number of para-hydroxylation sites is 1. The molecule has 4 nitrogen and oxygen atoms in total. The molecule has 1 saturated heterocycles. The average Bonchev–Trinajstić information content (AvgIpc) is 3.11. The van der Waals surface area contributed by atoms with Crippen molar-refractivity contribution in [3.8, 4) is 0 Å². The lowest BCUT2D eigenvalue weighted by atomic mass is 10.1. The molecule has 1 aliphatic rings. The number of ether oxygens (including phenoxy) is 1. The molecule has 0 aliphatic carbocycles. The zero-order valence-electron chi connectivity index (χ0n) is 18.5. The number of nitrogens with zero attached hydrogens (tertiary/aromatic N) is 3. The van der Waals surface area contributed by atoms with Crippen molar-refractivity contribution in [2.24, 2.45) is 4.99 Å². The third-order valence-corrected chi connectivity index (χ3v) is 6.78. The third kappa shape index (κ3) is 4.65. The zero-order chi connectivity index (χ0) is 22.8. The van der Waals surface area contributed by atoms with Crippen molar-refractivity contribution in [3.05, 3.63) is 93.6 Å². The first kappa shape index (κ1) is 22.0. The van der Waals surface area contributed by atoms with Crippen molar-refractivity contribution >= 4 is 51.7 Å². The predicted molar refractivity (Wildman–Crippen MR) is 139 cm³/mol. The van der Waals surface area contributed by atoms with Gasteiger partial charge in [-0.3, -0.25) is 4.99 Å². The van der Waals surface area contributed by atoms with Crippen LogP contribution in [-0.4, -0.2) is 37.1 Å². The largest absolute Gasteiger partial charge is 0.378 e. The van der Waals surface area contributed by atoms with Gasteiger partial charge >= 0.3 is 0 Å². The standard InChI is InChI=1S/C27H25Cl2N3O/c1-19-25(17-30-22-8-10-23(11-9-22)31-12-14-33-15-13-31)24-4-2-3-5-27(24)32(19)18-20-6-7-21(28)16-26(20)29/h2-11,16-17H,12-15,18H2,1H3. The minimum Gasteiger partial charge on any atom is -0.378 e. The summed E-state index contributed by atoms with van der Waals surface area (Å²) < 4.78 is 7.73. The maximum Gasteiger partial charge on any atom is 0.0642 e. The smallest absolute Gasteiger partial charge is 0.0642 e. The van der Waals surface area contributed by atoms with Gasteiger partial charge in [0, 0.05) is 63.7 Å². The lowest BCUT2D eigenvalue weighted by Gasteiger charge is -2.28. The molecule has 0 saturated carbocycles. The Morgan fingerprint density at radius 3 is 2.48 bits per heavy atom. The van der Waals surface area contributed by atoms with Gasteiger partial charge in [0.15, 0.2) is 0 Å². The summed E-state index contributed by atoms with van der Waals surface area (Å²) in [5.74, 6) is 0. The van der Waals surface area contributed by atoms with Gasteiger partial charge in [-0.15, -0.1) is 0 Å². The van der Waals surface area contributed by atoms with Crippen molar-refractivity contribution in [1.82, 2.24) is 4.57 Å². The summed E-state index contributed by atoms with van der Waals surface area (Å²) in [6.07, 6.45) is 1.97. The van der Waals surface area contributed by atoms with Crippen LogP contribution < -0.4 is 4.90 Å². The van der Waals surface area contributed by atoms with E-state index in [9.17, 15) is 0 Å². The van der Waals surface area contributed by atoms with Crippen LogP contribution >= 0.6 is 23.2 Å². The monoisotopic (exact) mass is 477 g/mol. The molecule has 0 N–H and O–H groups in total. The first-order chi connectivity index (χ1) is 16.1. The van der Waals surface area contributed by atoms with Gasteiger partial charge in [0.2, 0.25) is 0 Å². The molecule has 3 aromatic carbocycles. The second kappa shape index (κ2) is 9.60. The van der Waals surface area contributed by atoms with Gasteiger partial charge in [-0.2, -0.15) is 0 Å². The number of hydrogen-bond acceptors (Lipinski definition) is 3. The van der Waals surface area contributed by atoms with E-state index in [1.54, 1.807) is 6.07 Å². The fourth-order valence-electron chi connectivity index (χ4n) is 4.35. The predicted octanol–water partition coefficient (Wildman–Crippen LogP) is 6.89. The molecule has 0 radical (unpaired) electrons. The van der Waals surface area contributed by atoms with E-state index in [0.29, 0.717) is 16.6 Å². The summed E-state index contributed by atoms with van der Waals surface area (Å²) in [6, 6.07) is 22.5. The molecular weight excluding hydrogens is 453 g/mol. The number of aromatic nitrogens is 1. The fraction of sp³-hybridized carbons (Fsp3) is 0.222. The van der Waals surface area contributed by atoms with Crippen molar-refractivity contribution in [1.29, 1.82) is 0 Å². The van der Waals surface area contributed by atoms with Crippen molar-refractivity contribution in [2.45, 2.75) is 13.5 Å². The Bertz CT molecular complexity index is 1310. The number of morpholine rings is 1. The van der Waals surface area contributed by atoms with Crippen LogP contribution in [0.25, 0.3) is 10.9 Å². The molecule has 0 unspecified atom stereocenters. The minimum atomic E-state index is 0.644. The first-order valence-electron chi connectivity index (χ1n) is 11.1. The number of anilines is 1. The second-order valence-corrected chi connectivity index (χ2v) is 9.06. The summed E-state index contributed by atoms with van der Waals surface area (Å²) >= 11 is 12.6. The number of rotatable bonds is 5. The van der Waals surface area contributed by atoms with Crippen LogP contribution in [0.3, 0.4) is 0 Å². The van der Waals surface area contributed by atoms with E-state index in [-0.39, 0.29) is 0 Å². The SMILES string of the molecule is Cc1c(C=Nc2ccc(N3CCOCC3)cc2)c2ccccc2n1Cc1ccc(Cl)cc1Cl. The number of hydrogen-bond donors (Lipinski definition) is 0. The van der Waals surface area contributed by atoms with Gasteiger partial charge in [-0.25, -0.2) is 0 Å². The van der Waals surface area contributed by atoms with E-state index in [0.717, 1.165) is 54.3 Å². The van der Waals surface area contributed by atoms with Crippen molar-refractivity contribution < 1.29 is 4.74 Å². The number of halogens is 2. The van der Waals surface area contributed by atoms with Crippen molar-refractivity contribution in [2.75, 3.05) is 31.2 Å². The lowest BCUT2D eigenvalue weighted by Crippen LogP contribution is -2.36. The lowest BCUT2D eigenvalue weighted by molar-refractivity contribution is 0.122. The molecule has 4 aromatic rings. The highest BCUT2D eigenvalue weighted by Crippen LogP contribution is 2.29. The van der Waals surface area contributed by atoms with Crippen LogP contribution in [0.1, 0.15) is 16.8 Å². The molecule has 1 fully saturated rings. The Balaban J connectivity index is 1.45. The number of fused-ring (bicyclic) bond motifs is 1. The maximum atomic E-state index is 6.47. The molecule has 0 amide bonds. The molecule has 168 valence electrons. The average molecular weight is 478 g/mol. The summed E-state index contributed by atoms with van der Waals surface area (Å²) in [5, 5.41) is 2.49. The van der Waals surface area contributed by atoms with E-state index < -0.39 is 0 Å². The van der Waals surface area contributed by atoms with Crippen LogP contribution in [0.2, 0.25) is 10.0 Å². The van der Waals surface area contributed by atoms with Crippen molar-refractivity contribution in [3.63, 3.8) is 0 Å². The zero-order valence-corrected chi connectivity index (χ0v) is 20.0. The molecule has 33 heavy (non-hydrogen) atoms. The normalized spacial score (nSPS) is 14.5. The van der Waals surface area contributed by atoms with E-state index >= 15 is 0 Å². The summed E-state index contributed by atoms with van der Waals surface area (Å²) in [4.78, 5) is 7.14. The molecule has 6 heteroatoms. The molecule has 0 bridgehead atoms. The minimum absolute atomic E-state index is 0.644. The highest BCUT2D eigenvalue weighted by Gasteiger charge is 2.14. The quantitative estimate of drug-likeness (QED) is 0.292. The Kier molecular flexibility index (Phi) is 6.41. The van der Waals surface area contributed by atoms with Crippen LogP contribution in [0.4, 0.5) is 11.4 Å².